The summed E-state index contributed by atoms with van der Waals surface area (Å²) in [6, 6.07) is -0.588. The Labute approximate surface area is 71.6 Å². The van der Waals surface area contributed by atoms with Crippen molar-refractivity contribution in [2.24, 2.45) is 5.73 Å². The van der Waals surface area contributed by atoms with Crippen LogP contribution in [0.5, 0.6) is 0 Å². The molecule has 0 saturated heterocycles. The number of aliphatic hydroxyl groups is 2. The summed E-state index contributed by atoms with van der Waals surface area (Å²) in [5.74, 6) is -0.530. The van der Waals surface area contributed by atoms with Gasteiger partial charge in [0.05, 0.1) is 12.1 Å². The predicted molar refractivity (Wildman–Crippen MR) is 44.1 cm³/mol. The van der Waals surface area contributed by atoms with Gasteiger partial charge in [0, 0.05) is 0 Å². The molecule has 0 fully saturated rings. The van der Waals surface area contributed by atoms with E-state index in [0.29, 0.717) is 6.42 Å². The molecule has 3 atom stereocenters. The van der Waals surface area contributed by atoms with Gasteiger partial charge in [-0.25, -0.2) is 0 Å². The number of hydrogen-bond donors (Lipinski definition) is 4. The van der Waals surface area contributed by atoms with Crippen LogP contribution in [0.4, 0.5) is 0 Å². The van der Waals surface area contributed by atoms with Gasteiger partial charge in [-0.05, 0) is 13.3 Å². The van der Waals surface area contributed by atoms with Crippen LogP contribution < -0.4 is 11.1 Å². The number of hydrogen-bond acceptors (Lipinski definition) is 4. The Bertz CT molecular complexity index is 150. The summed E-state index contributed by atoms with van der Waals surface area (Å²) in [7, 11) is 0. The van der Waals surface area contributed by atoms with Crippen molar-refractivity contribution in [2.45, 2.75) is 38.6 Å². The van der Waals surface area contributed by atoms with E-state index < -0.39 is 24.3 Å². The maximum atomic E-state index is 10.7. The molecule has 0 aromatic heterocycles. The first kappa shape index (κ1) is 11.4. The second-order valence-corrected chi connectivity index (χ2v) is 2.72. The smallest absolute Gasteiger partial charge is 0.234 e. The lowest BCUT2D eigenvalue weighted by atomic mass is 10.2. The van der Waals surface area contributed by atoms with Crippen LogP contribution in [-0.4, -0.2) is 34.5 Å². The van der Waals surface area contributed by atoms with Gasteiger partial charge in [-0.2, -0.15) is 0 Å². The molecule has 0 aliphatic rings. The minimum absolute atomic E-state index is 0.485. The molecule has 72 valence electrons. The summed E-state index contributed by atoms with van der Waals surface area (Å²) < 4.78 is 0. The largest absolute Gasteiger partial charge is 0.389 e. The van der Waals surface area contributed by atoms with Gasteiger partial charge >= 0.3 is 0 Å². The number of nitrogens with one attached hydrogen (secondary N) is 1. The van der Waals surface area contributed by atoms with Crippen molar-refractivity contribution in [1.82, 2.24) is 5.32 Å². The van der Waals surface area contributed by atoms with Gasteiger partial charge in [0.15, 0.2) is 0 Å². The first-order valence-corrected chi connectivity index (χ1v) is 3.90. The molecule has 0 heterocycles. The highest BCUT2D eigenvalue weighted by Gasteiger charge is 2.18. The summed E-state index contributed by atoms with van der Waals surface area (Å²) >= 11 is 0. The second kappa shape index (κ2) is 5.08. The highest BCUT2D eigenvalue weighted by Crippen LogP contribution is 1.94. The average Bonchev–Trinajstić information content (AvgIpc) is 1.98. The highest BCUT2D eigenvalue weighted by molar-refractivity contribution is 5.79. The minimum atomic E-state index is -1.11. The summed E-state index contributed by atoms with van der Waals surface area (Å²) in [5, 5.41) is 20.5. The quantitative estimate of drug-likeness (QED) is 0.385. The standard InChI is InChI=1S/C7H16N2O3/c1-3-5(6(8)11)9-7(12)4(2)10/h4-5,7,9-10,12H,3H2,1-2H3,(H2,8,11)/t4?,5-,7?/m0/s1. The first-order valence-electron chi connectivity index (χ1n) is 3.90. The van der Waals surface area contributed by atoms with Crippen molar-refractivity contribution in [1.29, 1.82) is 0 Å². The molecule has 5 nitrogen and oxygen atoms in total. The molecule has 5 N–H and O–H groups in total. The summed E-state index contributed by atoms with van der Waals surface area (Å²) in [5.41, 5.74) is 5.00. The van der Waals surface area contributed by atoms with Gasteiger partial charge in [0.1, 0.15) is 6.23 Å². The molecule has 0 radical (unpaired) electrons. The topological polar surface area (TPSA) is 95.6 Å². The number of primary amides is 1. The van der Waals surface area contributed by atoms with Crippen molar-refractivity contribution in [2.75, 3.05) is 0 Å². The van der Waals surface area contributed by atoms with Crippen molar-refractivity contribution in [3.8, 4) is 0 Å². The van der Waals surface area contributed by atoms with Gasteiger partial charge in [0.25, 0.3) is 0 Å². The molecule has 0 spiro atoms. The third-order valence-corrected chi connectivity index (χ3v) is 1.58. The van der Waals surface area contributed by atoms with E-state index in [-0.39, 0.29) is 0 Å². The van der Waals surface area contributed by atoms with E-state index in [1.165, 1.54) is 6.92 Å². The Morgan fingerprint density at radius 3 is 2.33 bits per heavy atom. The molecule has 0 saturated carbocycles. The van der Waals surface area contributed by atoms with Crippen LogP contribution >= 0.6 is 0 Å². The zero-order valence-corrected chi connectivity index (χ0v) is 7.32. The average molecular weight is 176 g/mol. The van der Waals surface area contributed by atoms with Gasteiger partial charge in [-0.3, -0.25) is 10.1 Å². The summed E-state index contributed by atoms with van der Waals surface area (Å²) in [4.78, 5) is 10.7. The Balaban J connectivity index is 3.94. The zero-order chi connectivity index (χ0) is 9.72. The Morgan fingerprint density at radius 1 is 1.58 bits per heavy atom. The lowest BCUT2D eigenvalue weighted by Gasteiger charge is -2.20. The third kappa shape index (κ3) is 3.66. The van der Waals surface area contributed by atoms with Gasteiger partial charge in [0.2, 0.25) is 5.91 Å². The monoisotopic (exact) mass is 176 g/mol. The molecule has 12 heavy (non-hydrogen) atoms. The van der Waals surface area contributed by atoms with Crippen LogP contribution in [0, 0.1) is 0 Å². The van der Waals surface area contributed by atoms with Crippen LogP contribution in [0.2, 0.25) is 0 Å². The van der Waals surface area contributed by atoms with Crippen molar-refractivity contribution in [3.05, 3.63) is 0 Å². The van der Waals surface area contributed by atoms with Gasteiger partial charge in [-0.15, -0.1) is 0 Å². The fraction of sp³-hybridized carbons (Fsp3) is 0.857. The molecule has 0 aliphatic carbocycles. The van der Waals surface area contributed by atoms with Crippen LogP contribution in [0.25, 0.3) is 0 Å². The Morgan fingerprint density at radius 2 is 2.08 bits per heavy atom. The molecule has 0 bridgehead atoms. The predicted octanol–water partition coefficient (Wildman–Crippen LogP) is -1.46. The van der Waals surface area contributed by atoms with E-state index in [9.17, 15) is 4.79 Å². The number of nitrogens with two attached hydrogens (primary N) is 1. The normalized spacial score (nSPS) is 18.3. The fourth-order valence-corrected chi connectivity index (χ4v) is 0.747. The SMILES string of the molecule is CC[C@H](NC(O)C(C)O)C(N)=O. The van der Waals surface area contributed by atoms with E-state index in [1.54, 1.807) is 6.92 Å². The Kier molecular flexibility index (Phi) is 4.80. The first-order chi connectivity index (χ1) is 5.49. The lowest BCUT2D eigenvalue weighted by Crippen LogP contribution is -2.49. The van der Waals surface area contributed by atoms with Crippen molar-refractivity contribution < 1.29 is 15.0 Å². The molecule has 0 aromatic carbocycles. The highest BCUT2D eigenvalue weighted by atomic mass is 16.3. The van der Waals surface area contributed by atoms with Gasteiger partial charge in [-0.1, -0.05) is 6.92 Å². The fourth-order valence-electron chi connectivity index (χ4n) is 0.747. The van der Waals surface area contributed by atoms with E-state index in [0.717, 1.165) is 0 Å². The van der Waals surface area contributed by atoms with E-state index in [4.69, 9.17) is 15.9 Å². The van der Waals surface area contributed by atoms with E-state index in [1.807, 2.05) is 0 Å². The molecule has 0 aromatic rings. The molecular formula is C7H16N2O3. The lowest BCUT2D eigenvalue weighted by molar-refractivity contribution is -0.121. The molecule has 1 amide bonds. The molecule has 2 unspecified atom stereocenters. The van der Waals surface area contributed by atoms with Crippen LogP contribution in [-0.2, 0) is 4.79 Å². The molecule has 5 heteroatoms. The number of aliphatic hydroxyl groups excluding tert-OH is 2. The van der Waals surface area contributed by atoms with Crippen LogP contribution in [0.15, 0.2) is 0 Å². The molecule has 0 aliphatic heterocycles. The maximum Gasteiger partial charge on any atom is 0.234 e. The number of carbonyl (C=O) groups is 1. The number of rotatable bonds is 5. The van der Waals surface area contributed by atoms with Gasteiger partial charge < -0.3 is 15.9 Å². The number of amides is 1. The molecule has 0 rings (SSSR count). The van der Waals surface area contributed by atoms with E-state index in [2.05, 4.69) is 5.32 Å². The zero-order valence-electron chi connectivity index (χ0n) is 7.32. The van der Waals surface area contributed by atoms with Crippen LogP contribution in [0.3, 0.4) is 0 Å². The number of carbonyl (C=O) groups excluding carboxylic acids is 1. The third-order valence-electron chi connectivity index (χ3n) is 1.58. The van der Waals surface area contributed by atoms with Crippen LogP contribution in [0.1, 0.15) is 20.3 Å². The Hall–Kier alpha value is -0.650. The van der Waals surface area contributed by atoms with E-state index >= 15 is 0 Å². The summed E-state index contributed by atoms with van der Waals surface area (Å²) in [6.07, 6.45) is -1.54. The summed E-state index contributed by atoms with van der Waals surface area (Å²) in [6.45, 7) is 3.18. The second-order valence-electron chi connectivity index (χ2n) is 2.72. The maximum absolute atomic E-state index is 10.7. The van der Waals surface area contributed by atoms with Crippen molar-refractivity contribution in [3.63, 3.8) is 0 Å². The minimum Gasteiger partial charge on any atom is -0.389 e. The molecular weight excluding hydrogens is 160 g/mol. The van der Waals surface area contributed by atoms with Crippen molar-refractivity contribution >= 4 is 5.91 Å².